The van der Waals surface area contributed by atoms with Gasteiger partial charge in [-0.15, -0.1) is 0 Å². The molecule has 1 aliphatic heterocycles. The summed E-state index contributed by atoms with van der Waals surface area (Å²) in [6, 6.07) is 0. The molecule has 1 rings (SSSR count). The minimum Gasteiger partial charge on any atom is -0.248 e. The van der Waals surface area contributed by atoms with E-state index in [4.69, 9.17) is 0 Å². The molecule has 0 aromatic heterocycles. The average molecular weight is 144 g/mol. The van der Waals surface area contributed by atoms with Crippen LogP contribution in [0.15, 0.2) is 11.5 Å². The third kappa shape index (κ3) is 2.39. The molecule has 9 heavy (non-hydrogen) atoms. The van der Waals surface area contributed by atoms with Crippen molar-refractivity contribution in [3.05, 3.63) is 11.5 Å². The van der Waals surface area contributed by atoms with Crippen LogP contribution in [0.1, 0.15) is 12.8 Å². The van der Waals surface area contributed by atoms with E-state index in [2.05, 4.69) is 21.3 Å². The van der Waals surface area contributed by atoms with Crippen LogP contribution in [0.2, 0.25) is 0 Å². The van der Waals surface area contributed by atoms with E-state index in [1.807, 2.05) is 7.05 Å². The molecule has 0 saturated carbocycles. The van der Waals surface area contributed by atoms with E-state index >= 15 is 0 Å². The zero-order chi connectivity index (χ0) is 6.53. The maximum Gasteiger partial charge on any atom is 0.0251 e. The van der Waals surface area contributed by atoms with Crippen LogP contribution in [0.4, 0.5) is 0 Å². The van der Waals surface area contributed by atoms with Gasteiger partial charge in [-0.3, -0.25) is 0 Å². The number of hydrogen-bond acceptors (Lipinski definition) is 3. The Kier molecular flexibility index (Phi) is 3.11. The van der Waals surface area contributed by atoms with Crippen molar-refractivity contribution in [2.24, 2.45) is 0 Å². The molecule has 0 unspecified atom stereocenters. The first-order chi connectivity index (χ1) is 4.43. The molecule has 1 N–H and O–H groups in total. The summed E-state index contributed by atoms with van der Waals surface area (Å²) >= 11 is 1.73. The van der Waals surface area contributed by atoms with E-state index in [-0.39, 0.29) is 0 Å². The lowest BCUT2D eigenvalue weighted by atomic mass is 10.3. The quantitative estimate of drug-likeness (QED) is 0.560. The van der Waals surface area contributed by atoms with Gasteiger partial charge in [0.25, 0.3) is 0 Å². The Labute approximate surface area is 60.4 Å². The lowest BCUT2D eigenvalue weighted by Crippen LogP contribution is -2.27. The van der Waals surface area contributed by atoms with Crippen LogP contribution >= 0.6 is 11.9 Å². The van der Waals surface area contributed by atoms with Crippen molar-refractivity contribution >= 4 is 11.9 Å². The van der Waals surface area contributed by atoms with Crippen LogP contribution in [-0.2, 0) is 0 Å². The maximum absolute atomic E-state index is 3.09. The van der Waals surface area contributed by atoms with Gasteiger partial charge in [0.05, 0.1) is 0 Å². The second-order valence-electron chi connectivity index (χ2n) is 1.95. The predicted octanol–water partition coefficient (Wildman–Crippen LogP) is 1.38. The van der Waals surface area contributed by atoms with Crippen molar-refractivity contribution in [3.8, 4) is 0 Å². The van der Waals surface area contributed by atoms with Gasteiger partial charge < -0.3 is 0 Å². The topological polar surface area (TPSA) is 15.3 Å². The van der Waals surface area contributed by atoms with Gasteiger partial charge in [0.1, 0.15) is 0 Å². The molecule has 0 aliphatic carbocycles. The second kappa shape index (κ2) is 3.93. The van der Waals surface area contributed by atoms with Gasteiger partial charge in [0.2, 0.25) is 0 Å². The van der Waals surface area contributed by atoms with E-state index < -0.39 is 0 Å². The van der Waals surface area contributed by atoms with Crippen LogP contribution in [-0.4, -0.2) is 18.0 Å². The molecule has 0 aromatic rings. The molecule has 0 saturated heterocycles. The molecule has 2 nitrogen and oxygen atoms in total. The normalized spacial score (nSPS) is 21.9. The molecule has 0 radical (unpaired) electrons. The standard InChI is InChI=1S/C6H12N2S/c1-7-8-5-3-2-4-6-9-8/h4,6-7H,2-3,5H2,1H3. The van der Waals surface area contributed by atoms with Crippen molar-refractivity contribution in [2.45, 2.75) is 12.8 Å². The molecular formula is C6H12N2S. The fourth-order valence-corrected chi connectivity index (χ4v) is 1.46. The molecule has 0 spiro atoms. The summed E-state index contributed by atoms with van der Waals surface area (Å²) in [5.41, 5.74) is 3.09. The molecule has 0 atom stereocenters. The highest BCUT2D eigenvalue weighted by Crippen LogP contribution is 2.13. The van der Waals surface area contributed by atoms with E-state index in [9.17, 15) is 0 Å². The van der Waals surface area contributed by atoms with Crippen molar-refractivity contribution < 1.29 is 0 Å². The van der Waals surface area contributed by atoms with Crippen LogP contribution < -0.4 is 5.43 Å². The SMILES string of the molecule is CNN1CCCC=CS1. The van der Waals surface area contributed by atoms with Gasteiger partial charge in [0, 0.05) is 6.54 Å². The zero-order valence-electron chi connectivity index (χ0n) is 5.63. The molecule has 0 fully saturated rings. The summed E-state index contributed by atoms with van der Waals surface area (Å²) in [6.07, 6.45) is 4.68. The van der Waals surface area contributed by atoms with Gasteiger partial charge >= 0.3 is 0 Å². The lowest BCUT2D eigenvalue weighted by molar-refractivity contribution is 0.386. The van der Waals surface area contributed by atoms with Gasteiger partial charge in [-0.2, -0.15) is 4.41 Å². The predicted molar refractivity (Wildman–Crippen MR) is 41.7 cm³/mol. The molecule has 0 amide bonds. The van der Waals surface area contributed by atoms with E-state index in [1.54, 1.807) is 11.9 Å². The maximum atomic E-state index is 3.09. The number of nitrogens with one attached hydrogen (secondary N) is 1. The minimum absolute atomic E-state index is 1.13. The summed E-state index contributed by atoms with van der Waals surface area (Å²) in [6.45, 7) is 1.13. The summed E-state index contributed by atoms with van der Waals surface area (Å²) in [5.74, 6) is 0. The molecule has 52 valence electrons. The number of nitrogens with zero attached hydrogens (tertiary/aromatic N) is 1. The van der Waals surface area contributed by atoms with Crippen LogP contribution in [0.5, 0.6) is 0 Å². The number of allylic oxidation sites excluding steroid dienone is 1. The first-order valence-electron chi connectivity index (χ1n) is 3.20. The highest BCUT2D eigenvalue weighted by atomic mass is 32.2. The second-order valence-corrected chi connectivity index (χ2v) is 2.87. The van der Waals surface area contributed by atoms with Gasteiger partial charge in [-0.25, -0.2) is 5.43 Å². The van der Waals surface area contributed by atoms with Gasteiger partial charge in [-0.05, 0) is 37.2 Å². The van der Waals surface area contributed by atoms with Gasteiger partial charge in [-0.1, -0.05) is 6.08 Å². The Balaban J connectivity index is 2.29. The molecule has 0 bridgehead atoms. The Morgan fingerprint density at radius 3 is 3.33 bits per heavy atom. The summed E-state index contributed by atoms with van der Waals surface area (Å²) in [7, 11) is 1.95. The van der Waals surface area contributed by atoms with Crippen molar-refractivity contribution in [2.75, 3.05) is 13.6 Å². The first kappa shape index (κ1) is 7.12. The van der Waals surface area contributed by atoms with E-state index in [1.165, 1.54) is 12.8 Å². The van der Waals surface area contributed by atoms with E-state index in [0.29, 0.717) is 0 Å². The zero-order valence-corrected chi connectivity index (χ0v) is 6.45. The largest absolute Gasteiger partial charge is 0.248 e. The lowest BCUT2D eigenvalue weighted by Gasteiger charge is -2.14. The number of rotatable bonds is 1. The molecule has 0 aromatic carbocycles. The van der Waals surface area contributed by atoms with Crippen molar-refractivity contribution in [3.63, 3.8) is 0 Å². The fourth-order valence-electron chi connectivity index (χ4n) is 0.754. The molecular weight excluding hydrogens is 132 g/mol. The minimum atomic E-state index is 1.13. The van der Waals surface area contributed by atoms with Crippen LogP contribution in [0.25, 0.3) is 0 Å². The van der Waals surface area contributed by atoms with Crippen LogP contribution in [0, 0.1) is 0 Å². The molecule has 3 heteroatoms. The summed E-state index contributed by atoms with van der Waals surface area (Å²) < 4.78 is 2.13. The van der Waals surface area contributed by atoms with E-state index in [0.717, 1.165) is 6.54 Å². The first-order valence-corrected chi connectivity index (χ1v) is 4.04. The van der Waals surface area contributed by atoms with Crippen molar-refractivity contribution in [1.29, 1.82) is 0 Å². The average Bonchev–Trinajstić information content (AvgIpc) is 2.13. The summed E-state index contributed by atoms with van der Waals surface area (Å²) in [4.78, 5) is 0. The fraction of sp³-hybridized carbons (Fsp3) is 0.667. The third-order valence-electron chi connectivity index (χ3n) is 1.27. The van der Waals surface area contributed by atoms with Crippen LogP contribution in [0.3, 0.4) is 0 Å². The molecule has 1 heterocycles. The Morgan fingerprint density at radius 2 is 2.56 bits per heavy atom. The number of hydrazine groups is 1. The molecule has 1 aliphatic rings. The highest BCUT2D eigenvalue weighted by Gasteiger charge is 2.01. The summed E-state index contributed by atoms with van der Waals surface area (Å²) in [5, 5.41) is 2.13. The van der Waals surface area contributed by atoms with Crippen molar-refractivity contribution in [1.82, 2.24) is 9.84 Å². The highest BCUT2D eigenvalue weighted by molar-refractivity contribution is 7.99. The number of hydrogen-bond donors (Lipinski definition) is 1. The monoisotopic (exact) mass is 144 g/mol. The van der Waals surface area contributed by atoms with Gasteiger partial charge in [0.15, 0.2) is 0 Å². The Hall–Kier alpha value is 0.01000. The smallest absolute Gasteiger partial charge is 0.0251 e. The Bertz CT molecular complexity index is 103. The third-order valence-corrected chi connectivity index (χ3v) is 2.20. The Morgan fingerprint density at radius 1 is 1.67 bits per heavy atom.